The summed E-state index contributed by atoms with van der Waals surface area (Å²) in [4.78, 5) is 1.29. The zero-order valence-electron chi connectivity index (χ0n) is 7.40. The van der Waals surface area contributed by atoms with Crippen LogP contribution in [0.5, 0.6) is 0 Å². The molecule has 70 valence electrons. The summed E-state index contributed by atoms with van der Waals surface area (Å²) in [6, 6.07) is 0. The summed E-state index contributed by atoms with van der Waals surface area (Å²) in [5.74, 6) is 0. The van der Waals surface area contributed by atoms with E-state index in [4.69, 9.17) is 4.74 Å². The van der Waals surface area contributed by atoms with Crippen molar-refractivity contribution in [2.75, 3.05) is 7.11 Å². The number of hydrogen-bond acceptors (Lipinski definition) is 2. The van der Waals surface area contributed by atoms with E-state index in [1.165, 1.54) is 25.7 Å². The molecule has 0 aromatic heterocycles. The summed E-state index contributed by atoms with van der Waals surface area (Å²) < 4.78 is 5.36. The van der Waals surface area contributed by atoms with E-state index >= 15 is 0 Å². The molecule has 1 N–H and O–H groups in total. The van der Waals surface area contributed by atoms with Crippen molar-refractivity contribution in [3.8, 4) is 0 Å². The van der Waals surface area contributed by atoms with E-state index in [-0.39, 0.29) is 12.2 Å². The molecule has 2 aliphatic heterocycles. The molecule has 2 saturated heterocycles. The molecule has 0 spiro atoms. The van der Waals surface area contributed by atoms with Gasteiger partial charge in [0.25, 0.3) is 0 Å². The third-order valence-corrected chi connectivity index (χ3v) is 6.54. The Balaban J connectivity index is 2.08. The van der Waals surface area contributed by atoms with Gasteiger partial charge in [-0.3, -0.25) is 0 Å². The summed E-state index contributed by atoms with van der Waals surface area (Å²) in [7, 11) is 1.74. The molecule has 2 bridgehead atoms. The van der Waals surface area contributed by atoms with Crippen LogP contribution in [0.4, 0.5) is 0 Å². The van der Waals surface area contributed by atoms with Crippen molar-refractivity contribution in [3.05, 3.63) is 0 Å². The molecule has 0 aromatic rings. The van der Waals surface area contributed by atoms with Crippen molar-refractivity contribution >= 4 is 15.0 Å². The van der Waals surface area contributed by atoms with Gasteiger partial charge in [-0.15, -0.1) is 0 Å². The number of aliphatic hydroxyl groups is 1. The molecular weight excluding hydrogens is 219 g/mol. The molecule has 12 heavy (non-hydrogen) atoms. The first-order valence-corrected chi connectivity index (χ1v) is 6.67. The van der Waals surface area contributed by atoms with Gasteiger partial charge in [0.1, 0.15) is 0 Å². The standard InChI is InChI=1S/C9H16O2Se/c1-11-9-7-5-3-2-4-6(12-7)8(9)10/h6-10H,2-5H2,1H3. The van der Waals surface area contributed by atoms with Crippen molar-refractivity contribution in [1.29, 1.82) is 0 Å². The average Bonchev–Trinajstić information content (AvgIpc) is 2.25. The van der Waals surface area contributed by atoms with Gasteiger partial charge in [-0.05, 0) is 0 Å². The van der Waals surface area contributed by atoms with Crippen LogP contribution in [0, 0.1) is 0 Å². The van der Waals surface area contributed by atoms with E-state index in [1.807, 2.05) is 0 Å². The maximum absolute atomic E-state index is 9.87. The van der Waals surface area contributed by atoms with Crippen LogP contribution < -0.4 is 0 Å². The summed E-state index contributed by atoms with van der Waals surface area (Å²) in [5.41, 5.74) is 0. The molecule has 0 aliphatic carbocycles. The van der Waals surface area contributed by atoms with E-state index in [1.54, 1.807) is 7.11 Å². The summed E-state index contributed by atoms with van der Waals surface area (Å²) in [6.07, 6.45) is 5.19. The molecule has 2 fully saturated rings. The molecule has 2 rings (SSSR count). The predicted molar refractivity (Wildman–Crippen MR) is 48.5 cm³/mol. The van der Waals surface area contributed by atoms with Gasteiger partial charge in [0.15, 0.2) is 0 Å². The minimum atomic E-state index is -0.153. The maximum atomic E-state index is 9.87. The SMILES string of the molecule is COC1C2CCCCC([Se]2)C1O. The molecule has 2 aliphatic rings. The zero-order valence-corrected chi connectivity index (χ0v) is 9.11. The second kappa shape index (κ2) is 3.67. The first-order chi connectivity index (χ1) is 5.83. The van der Waals surface area contributed by atoms with Crippen molar-refractivity contribution < 1.29 is 9.84 Å². The normalized spacial score (nSPS) is 47.5. The molecule has 0 radical (unpaired) electrons. The number of methoxy groups -OCH3 is 1. The molecule has 0 saturated carbocycles. The zero-order chi connectivity index (χ0) is 8.55. The van der Waals surface area contributed by atoms with Gasteiger partial charge in [-0.2, -0.15) is 0 Å². The fourth-order valence-corrected chi connectivity index (χ4v) is 6.04. The van der Waals surface area contributed by atoms with Crippen LogP contribution in [0.15, 0.2) is 0 Å². The van der Waals surface area contributed by atoms with Crippen LogP contribution in [0.3, 0.4) is 0 Å². The molecule has 3 heteroatoms. The van der Waals surface area contributed by atoms with E-state index in [0.717, 1.165) is 0 Å². The Morgan fingerprint density at radius 1 is 1.25 bits per heavy atom. The molecule has 2 heterocycles. The Morgan fingerprint density at radius 3 is 2.58 bits per heavy atom. The van der Waals surface area contributed by atoms with E-state index in [2.05, 4.69) is 0 Å². The number of aliphatic hydroxyl groups excluding tert-OH is 1. The summed E-state index contributed by atoms with van der Waals surface area (Å²) >= 11 is 0.636. The van der Waals surface area contributed by atoms with E-state index < -0.39 is 0 Å². The third-order valence-electron chi connectivity index (χ3n) is 2.93. The minimum absolute atomic E-state index is 0.153. The average molecular weight is 235 g/mol. The fraction of sp³-hybridized carbons (Fsp3) is 1.00. The molecule has 4 unspecified atom stereocenters. The van der Waals surface area contributed by atoms with Crippen molar-refractivity contribution in [2.45, 2.75) is 47.5 Å². The van der Waals surface area contributed by atoms with E-state index in [9.17, 15) is 5.11 Å². The van der Waals surface area contributed by atoms with Crippen LogP contribution in [0.1, 0.15) is 25.7 Å². The second-order valence-electron chi connectivity index (χ2n) is 3.69. The number of ether oxygens (including phenoxy) is 1. The molecule has 0 aromatic carbocycles. The van der Waals surface area contributed by atoms with Crippen molar-refractivity contribution in [3.63, 3.8) is 0 Å². The Kier molecular flexibility index (Phi) is 2.75. The van der Waals surface area contributed by atoms with Gasteiger partial charge in [0.05, 0.1) is 0 Å². The van der Waals surface area contributed by atoms with Gasteiger partial charge in [-0.1, -0.05) is 0 Å². The van der Waals surface area contributed by atoms with Crippen LogP contribution >= 0.6 is 0 Å². The number of hydrogen-bond donors (Lipinski definition) is 1. The topological polar surface area (TPSA) is 29.5 Å². The monoisotopic (exact) mass is 236 g/mol. The Morgan fingerprint density at radius 2 is 1.92 bits per heavy atom. The van der Waals surface area contributed by atoms with Gasteiger partial charge < -0.3 is 0 Å². The molecule has 2 nitrogen and oxygen atoms in total. The number of fused-ring (bicyclic) bond motifs is 2. The van der Waals surface area contributed by atoms with Crippen LogP contribution in [-0.2, 0) is 4.74 Å². The van der Waals surface area contributed by atoms with Gasteiger partial charge in [-0.25, -0.2) is 0 Å². The predicted octanol–water partition coefficient (Wildman–Crippen LogP) is 1.23. The van der Waals surface area contributed by atoms with Gasteiger partial charge in [0, 0.05) is 0 Å². The Labute approximate surface area is 79.8 Å². The van der Waals surface area contributed by atoms with Crippen LogP contribution in [0.2, 0.25) is 9.63 Å². The third kappa shape index (κ3) is 1.44. The van der Waals surface area contributed by atoms with Gasteiger partial charge >= 0.3 is 79.4 Å². The number of rotatable bonds is 1. The van der Waals surface area contributed by atoms with Crippen LogP contribution in [0.25, 0.3) is 0 Å². The first-order valence-electron chi connectivity index (χ1n) is 4.69. The summed E-state index contributed by atoms with van der Waals surface area (Å²) in [6.45, 7) is 0. The summed E-state index contributed by atoms with van der Waals surface area (Å²) in [5, 5.41) is 9.87. The van der Waals surface area contributed by atoms with E-state index in [0.29, 0.717) is 24.6 Å². The van der Waals surface area contributed by atoms with Crippen LogP contribution in [-0.4, -0.2) is 39.4 Å². The van der Waals surface area contributed by atoms with Crippen molar-refractivity contribution in [1.82, 2.24) is 0 Å². The molecular formula is C9H16O2Se. The van der Waals surface area contributed by atoms with Crippen molar-refractivity contribution in [2.24, 2.45) is 0 Å². The molecule has 0 amide bonds. The molecule has 4 atom stereocenters. The Hall–Kier alpha value is 0.439. The first kappa shape index (κ1) is 9.01. The second-order valence-corrected chi connectivity index (χ2v) is 6.80. The quantitative estimate of drug-likeness (QED) is 0.693. The fourth-order valence-electron chi connectivity index (χ4n) is 2.27. The Bertz CT molecular complexity index is 163. The van der Waals surface area contributed by atoms with Gasteiger partial charge in [0.2, 0.25) is 0 Å².